The SMILES string of the molecule is CC(C)N(CC1CCCN1)c1cc2ccccc2c(=O)[nH]1. The molecule has 0 spiro atoms. The molecule has 0 saturated carbocycles. The molecule has 2 N–H and O–H groups in total. The highest BCUT2D eigenvalue weighted by Gasteiger charge is 2.21. The van der Waals surface area contributed by atoms with E-state index in [1.54, 1.807) is 0 Å². The third-order valence-corrected chi connectivity index (χ3v) is 4.25. The van der Waals surface area contributed by atoms with Crippen molar-refractivity contribution < 1.29 is 0 Å². The lowest BCUT2D eigenvalue weighted by Gasteiger charge is -2.31. The van der Waals surface area contributed by atoms with Crippen molar-refractivity contribution in [2.75, 3.05) is 18.0 Å². The van der Waals surface area contributed by atoms with Crippen molar-refractivity contribution in [3.63, 3.8) is 0 Å². The first kappa shape index (κ1) is 14.1. The maximum absolute atomic E-state index is 12.3. The lowest BCUT2D eigenvalue weighted by atomic mass is 10.1. The number of aromatic nitrogens is 1. The van der Waals surface area contributed by atoms with Crippen LogP contribution in [0.1, 0.15) is 26.7 Å². The predicted octanol–water partition coefficient (Wildman–Crippen LogP) is 2.49. The highest BCUT2D eigenvalue weighted by molar-refractivity contribution is 5.83. The minimum atomic E-state index is -0.00636. The third kappa shape index (κ3) is 2.95. The molecule has 0 amide bonds. The number of benzene rings is 1. The summed E-state index contributed by atoms with van der Waals surface area (Å²) in [5.74, 6) is 0.919. The van der Waals surface area contributed by atoms with Crippen molar-refractivity contribution in [2.24, 2.45) is 0 Å². The number of nitrogens with zero attached hydrogens (tertiary/aromatic N) is 1. The lowest BCUT2D eigenvalue weighted by molar-refractivity contribution is 0.549. The molecular formula is C17H23N3O. The van der Waals surface area contributed by atoms with Crippen molar-refractivity contribution in [3.05, 3.63) is 40.7 Å². The summed E-state index contributed by atoms with van der Waals surface area (Å²) >= 11 is 0. The molecule has 1 aromatic heterocycles. The van der Waals surface area contributed by atoms with Crippen LogP contribution in [-0.2, 0) is 0 Å². The maximum Gasteiger partial charge on any atom is 0.257 e. The highest BCUT2D eigenvalue weighted by Crippen LogP contribution is 2.20. The van der Waals surface area contributed by atoms with Crippen LogP contribution in [0.5, 0.6) is 0 Å². The van der Waals surface area contributed by atoms with Gasteiger partial charge >= 0.3 is 0 Å². The molecule has 1 fully saturated rings. The predicted molar refractivity (Wildman–Crippen MR) is 88.1 cm³/mol. The summed E-state index contributed by atoms with van der Waals surface area (Å²) in [5, 5.41) is 5.28. The number of hydrogen-bond donors (Lipinski definition) is 2. The second-order valence-corrected chi connectivity index (χ2v) is 6.11. The van der Waals surface area contributed by atoms with E-state index in [0.29, 0.717) is 12.1 Å². The van der Waals surface area contributed by atoms with Gasteiger partial charge in [0.2, 0.25) is 0 Å². The second-order valence-electron chi connectivity index (χ2n) is 6.11. The van der Waals surface area contributed by atoms with E-state index in [4.69, 9.17) is 0 Å². The zero-order valence-corrected chi connectivity index (χ0v) is 12.7. The van der Waals surface area contributed by atoms with E-state index in [0.717, 1.165) is 29.7 Å². The summed E-state index contributed by atoms with van der Waals surface area (Å²) < 4.78 is 0. The van der Waals surface area contributed by atoms with Gasteiger partial charge in [0, 0.05) is 24.0 Å². The van der Waals surface area contributed by atoms with E-state index in [9.17, 15) is 4.79 Å². The first-order chi connectivity index (χ1) is 10.1. The Kier molecular flexibility index (Phi) is 3.97. The molecule has 1 aromatic carbocycles. The first-order valence-electron chi connectivity index (χ1n) is 7.77. The summed E-state index contributed by atoms with van der Waals surface area (Å²) in [6.45, 7) is 6.38. The van der Waals surface area contributed by atoms with E-state index in [-0.39, 0.29) is 5.56 Å². The molecule has 21 heavy (non-hydrogen) atoms. The van der Waals surface area contributed by atoms with E-state index < -0.39 is 0 Å². The monoisotopic (exact) mass is 285 g/mol. The molecule has 3 rings (SSSR count). The van der Waals surface area contributed by atoms with Crippen molar-refractivity contribution >= 4 is 16.6 Å². The average molecular weight is 285 g/mol. The molecular weight excluding hydrogens is 262 g/mol. The van der Waals surface area contributed by atoms with Gasteiger partial charge in [-0.05, 0) is 50.8 Å². The Morgan fingerprint density at radius 3 is 2.86 bits per heavy atom. The van der Waals surface area contributed by atoms with E-state index in [1.165, 1.54) is 12.8 Å². The zero-order valence-electron chi connectivity index (χ0n) is 12.7. The fraction of sp³-hybridized carbons (Fsp3) is 0.471. The Balaban J connectivity index is 1.96. The Bertz CT molecular complexity index is 671. The molecule has 1 aliphatic heterocycles. The quantitative estimate of drug-likeness (QED) is 0.907. The van der Waals surface area contributed by atoms with Crippen molar-refractivity contribution in [1.29, 1.82) is 0 Å². The molecule has 4 heteroatoms. The minimum Gasteiger partial charge on any atom is -0.354 e. The van der Waals surface area contributed by atoms with Crippen LogP contribution in [0.15, 0.2) is 35.1 Å². The Morgan fingerprint density at radius 2 is 2.14 bits per heavy atom. The summed E-state index contributed by atoms with van der Waals surface area (Å²) in [5.41, 5.74) is -0.00636. The number of pyridine rings is 1. The van der Waals surface area contributed by atoms with Gasteiger partial charge in [0.1, 0.15) is 5.82 Å². The van der Waals surface area contributed by atoms with Gasteiger partial charge in [-0.3, -0.25) is 4.79 Å². The standard InChI is InChI=1S/C17H23N3O/c1-12(2)20(11-14-7-5-9-18-14)16-10-13-6-3-4-8-15(13)17(21)19-16/h3-4,6,8,10,12,14,18H,5,7,9,11H2,1-2H3,(H,19,21). The Morgan fingerprint density at radius 1 is 1.33 bits per heavy atom. The average Bonchev–Trinajstić information content (AvgIpc) is 2.97. The van der Waals surface area contributed by atoms with E-state index in [1.807, 2.05) is 24.3 Å². The second kappa shape index (κ2) is 5.90. The van der Waals surface area contributed by atoms with Gasteiger partial charge in [-0.2, -0.15) is 0 Å². The summed E-state index contributed by atoms with van der Waals surface area (Å²) in [6, 6.07) is 10.7. The molecule has 1 unspecified atom stereocenters. The fourth-order valence-corrected chi connectivity index (χ4v) is 3.09. The number of hydrogen-bond acceptors (Lipinski definition) is 3. The van der Waals surface area contributed by atoms with Gasteiger partial charge < -0.3 is 15.2 Å². The third-order valence-electron chi connectivity index (χ3n) is 4.25. The smallest absolute Gasteiger partial charge is 0.257 e. The van der Waals surface area contributed by atoms with Crippen LogP contribution in [0.4, 0.5) is 5.82 Å². The minimum absolute atomic E-state index is 0.00636. The van der Waals surface area contributed by atoms with Crippen LogP contribution in [0.25, 0.3) is 10.8 Å². The Hall–Kier alpha value is -1.81. The number of H-pyrrole nitrogens is 1. The van der Waals surface area contributed by atoms with Gasteiger partial charge in [0.25, 0.3) is 5.56 Å². The van der Waals surface area contributed by atoms with Gasteiger partial charge in [0.05, 0.1) is 0 Å². The van der Waals surface area contributed by atoms with E-state index >= 15 is 0 Å². The maximum atomic E-state index is 12.3. The zero-order chi connectivity index (χ0) is 14.8. The van der Waals surface area contributed by atoms with Gasteiger partial charge in [-0.1, -0.05) is 18.2 Å². The first-order valence-corrected chi connectivity index (χ1v) is 7.77. The van der Waals surface area contributed by atoms with Gasteiger partial charge in [-0.15, -0.1) is 0 Å². The highest BCUT2D eigenvalue weighted by atomic mass is 16.1. The summed E-state index contributed by atoms with van der Waals surface area (Å²) in [4.78, 5) is 17.6. The molecule has 1 saturated heterocycles. The summed E-state index contributed by atoms with van der Waals surface area (Å²) in [7, 11) is 0. The molecule has 112 valence electrons. The molecule has 1 atom stereocenters. The van der Waals surface area contributed by atoms with Crippen LogP contribution < -0.4 is 15.8 Å². The van der Waals surface area contributed by atoms with Crippen molar-refractivity contribution in [3.8, 4) is 0 Å². The molecule has 4 nitrogen and oxygen atoms in total. The molecule has 1 aliphatic rings. The topological polar surface area (TPSA) is 48.1 Å². The summed E-state index contributed by atoms with van der Waals surface area (Å²) in [6.07, 6.45) is 2.45. The fourth-order valence-electron chi connectivity index (χ4n) is 3.09. The van der Waals surface area contributed by atoms with Crippen molar-refractivity contribution in [2.45, 2.75) is 38.8 Å². The molecule has 2 aromatic rings. The van der Waals surface area contributed by atoms with Crippen LogP contribution in [0, 0.1) is 0 Å². The van der Waals surface area contributed by atoms with Crippen LogP contribution in [-0.4, -0.2) is 30.2 Å². The van der Waals surface area contributed by atoms with Crippen LogP contribution >= 0.6 is 0 Å². The lowest BCUT2D eigenvalue weighted by Crippen LogP contribution is -2.42. The molecule has 0 bridgehead atoms. The largest absolute Gasteiger partial charge is 0.354 e. The van der Waals surface area contributed by atoms with Gasteiger partial charge in [0.15, 0.2) is 0 Å². The molecule has 0 radical (unpaired) electrons. The number of rotatable bonds is 4. The Labute approximate surface area is 125 Å². The van der Waals surface area contributed by atoms with Crippen molar-refractivity contribution in [1.82, 2.24) is 10.3 Å². The van der Waals surface area contributed by atoms with E-state index in [2.05, 4.69) is 35.1 Å². The van der Waals surface area contributed by atoms with Crippen LogP contribution in [0.2, 0.25) is 0 Å². The number of nitrogens with one attached hydrogen (secondary N) is 2. The molecule has 2 heterocycles. The normalized spacial score (nSPS) is 18.5. The number of aromatic amines is 1. The van der Waals surface area contributed by atoms with Gasteiger partial charge in [-0.25, -0.2) is 0 Å². The molecule has 0 aliphatic carbocycles. The van der Waals surface area contributed by atoms with Crippen LogP contribution in [0.3, 0.4) is 0 Å². The number of fused-ring (bicyclic) bond motifs is 1. The number of anilines is 1.